The van der Waals surface area contributed by atoms with E-state index in [-0.39, 0.29) is 5.60 Å². The van der Waals surface area contributed by atoms with Gasteiger partial charge in [-0.2, -0.15) is 5.06 Å². The Hall–Kier alpha value is -0.600. The number of hydrogen-bond acceptors (Lipinski definition) is 2. The molecule has 0 aromatic carbocycles. The summed E-state index contributed by atoms with van der Waals surface area (Å²) in [4.78, 5) is 6.14. The molecule has 2 nitrogen and oxygen atoms in total. The Labute approximate surface area is 114 Å². The van der Waals surface area contributed by atoms with Crippen molar-refractivity contribution < 1.29 is 4.84 Å². The molecule has 18 heavy (non-hydrogen) atoms. The van der Waals surface area contributed by atoms with E-state index in [2.05, 4.69) is 52.3 Å². The Balaban J connectivity index is 4.41. The van der Waals surface area contributed by atoms with E-state index in [1.165, 1.54) is 5.57 Å². The van der Waals surface area contributed by atoms with Crippen molar-refractivity contribution in [3.8, 4) is 0 Å². The van der Waals surface area contributed by atoms with E-state index >= 15 is 0 Å². The Morgan fingerprint density at radius 3 is 2.17 bits per heavy atom. The largest absolute Gasteiger partial charge is 0.289 e. The highest BCUT2D eigenvalue weighted by molar-refractivity contribution is 4.99. The van der Waals surface area contributed by atoms with Crippen LogP contribution in [0.25, 0.3) is 0 Å². The van der Waals surface area contributed by atoms with E-state index in [4.69, 9.17) is 4.84 Å². The van der Waals surface area contributed by atoms with Crippen molar-refractivity contribution in [1.82, 2.24) is 5.06 Å². The van der Waals surface area contributed by atoms with Crippen molar-refractivity contribution in [2.24, 2.45) is 0 Å². The fraction of sp³-hybridized carbons (Fsp3) is 0.750. The molecule has 0 aliphatic rings. The highest BCUT2D eigenvalue weighted by atomic mass is 16.7. The molecule has 0 fully saturated rings. The third-order valence-corrected chi connectivity index (χ3v) is 2.91. The minimum atomic E-state index is -0.254. The van der Waals surface area contributed by atoms with Gasteiger partial charge in [0.2, 0.25) is 0 Å². The zero-order valence-corrected chi connectivity index (χ0v) is 13.0. The Bertz CT molecular complexity index is 250. The van der Waals surface area contributed by atoms with Gasteiger partial charge in [-0.05, 0) is 46.5 Å². The second-order valence-electron chi connectivity index (χ2n) is 5.36. The summed E-state index contributed by atoms with van der Waals surface area (Å²) >= 11 is 0. The molecule has 0 radical (unpaired) electrons. The quantitative estimate of drug-likeness (QED) is 0.412. The van der Waals surface area contributed by atoms with Crippen molar-refractivity contribution >= 4 is 0 Å². The van der Waals surface area contributed by atoms with Crippen LogP contribution in [0.1, 0.15) is 60.3 Å². The molecule has 0 aliphatic carbocycles. The highest BCUT2D eigenvalue weighted by Gasteiger charge is 2.23. The Kier molecular flexibility index (Phi) is 9.03. The molecule has 0 saturated heterocycles. The third kappa shape index (κ3) is 7.67. The van der Waals surface area contributed by atoms with E-state index in [1.807, 2.05) is 6.08 Å². The van der Waals surface area contributed by atoms with Gasteiger partial charge >= 0.3 is 0 Å². The summed E-state index contributed by atoms with van der Waals surface area (Å²) in [6.07, 6.45) is 8.43. The lowest BCUT2D eigenvalue weighted by Crippen LogP contribution is -2.37. The number of hydroxylamine groups is 2. The van der Waals surface area contributed by atoms with E-state index in [1.54, 1.807) is 0 Å². The van der Waals surface area contributed by atoms with Crippen molar-refractivity contribution in [1.29, 1.82) is 0 Å². The SMILES string of the molecule is C=CC(C)(CCC=C(C)C)ON(CCC)CCC. The highest BCUT2D eigenvalue weighted by Crippen LogP contribution is 2.22. The molecule has 106 valence electrons. The number of nitrogens with zero attached hydrogens (tertiary/aromatic N) is 1. The van der Waals surface area contributed by atoms with Crippen LogP contribution in [0.5, 0.6) is 0 Å². The molecule has 1 unspecified atom stereocenters. The zero-order chi connectivity index (χ0) is 14.0. The first-order valence-corrected chi connectivity index (χ1v) is 7.18. The van der Waals surface area contributed by atoms with Gasteiger partial charge in [-0.3, -0.25) is 4.84 Å². The van der Waals surface area contributed by atoms with Gasteiger partial charge in [-0.15, -0.1) is 6.58 Å². The maximum absolute atomic E-state index is 6.14. The molecule has 0 bridgehead atoms. The number of allylic oxidation sites excluding steroid dienone is 2. The van der Waals surface area contributed by atoms with Crippen molar-refractivity contribution in [2.45, 2.75) is 65.9 Å². The Morgan fingerprint density at radius 2 is 1.78 bits per heavy atom. The summed E-state index contributed by atoms with van der Waals surface area (Å²) in [7, 11) is 0. The minimum absolute atomic E-state index is 0.254. The first kappa shape index (κ1) is 17.4. The van der Waals surface area contributed by atoms with Gasteiger partial charge in [0.05, 0.1) is 0 Å². The molecule has 0 aromatic heterocycles. The molecule has 0 spiro atoms. The molecule has 0 heterocycles. The molecular formula is C16H31NO. The van der Waals surface area contributed by atoms with Gasteiger partial charge in [-0.1, -0.05) is 31.6 Å². The van der Waals surface area contributed by atoms with Crippen LogP contribution in [-0.2, 0) is 4.84 Å². The average molecular weight is 253 g/mol. The van der Waals surface area contributed by atoms with Crippen LogP contribution in [0.4, 0.5) is 0 Å². The lowest BCUT2D eigenvalue weighted by molar-refractivity contribution is -0.225. The van der Waals surface area contributed by atoms with Crippen molar-refractivity contribution in [3.63, 3.8) is 0 Å². The second kappa shape index (κ2) is 9.35. The summed E-state index contributed by atoms with van der Waals surface area (Å²) in [5.74, 6) is 0. The summed E-state index contributed by atoms with van der Waals surface area (Å²) in [5.41, 5.74) is 1.11. The summed E-state index contributed by atoms with van der Waals surface area (Å²) in [5, 5.41) is 2.09. The van der Waals surface area contributed by atoms with Crippen LogP contribution in [0.15, 0.2) is 24.3 Å². The van der Waals surface area contributed by atoms with Gasteiger partial charge in [0.15, 0.2) is 0 Å². The normalized spacial score (nSPS) is 14.3. The van der Waals surface area contributed by atoms with Crippen LogP contribution in [0, 0.1) is 0 Å². The fourth-order valence-electron chi connectivity index (χ4n) is 1.83. The van der Waals surface area contributed by atoms with Gasteiger partial charge in [-0.25, -0.2) is 0 Å². The minimum Gasteiger partial charge on any atom is -0.289 e. The van der Waals surface area contributed by atoms with Crippen LogP contribution in [0.3, 0.4) is 0 Å². The summed E-state index contributed by atoms with van der Waals surface area (Å²) < 4.78 is 0. The lowest BCUT2D eigenvalue weighted by atomic mass is 9.99. The van der Waals surface area contributed by atoms with E-state index < -0.39 is 0 Å². The summed E-state index contributed by atoms with van der Waals surface area (Å²) in [6, 6.07) is 0. The molecule has 0 amide bonds. The first-order valence-electron chi connectivity index (χ1n) is 7.18. The van der Waals surface area contributed by atoms with Crippen LogP contribution in [0.2, 0.25) is 0 Å². The Morgan fingerprint density at radius 1 is 1.22 bits per heavy atom. The molecule has 1 atom stereocenters. The lowest BCUT2D eigenvalue weighted by Gasteiger charge is -2.33. The molecule has 0 aliphatic heterocycles. The van der Waals surface area contributed by atoms with Crippen LogP contribution in [-0.4, -0.2) is 23.8 Å². The fourth-order valence-corrected chi connectivity index (χ4v) is 1.83. The number of hydrogen-bond donors (Lipinski definition) is 0. The topological polar surface area (TPSA) is 12.5 Å². The molecule has 0 N–H and O–H groups in total. The summed E-state index contributed by atoms with van der Waals surface area (Å²) in [6.45, 7) is 16.7. The molecule has 0 aromatic rings. The van der Waals surface area contributed by atoms with Crippen LogP contribution < -0.4 is 0 Å². The van der Waals surface area contributed by atoms with Gasteiger partial charge in [0, 0.05) is 13.1 Å². The van der Waals surface area contributed by atoms with E-state index in [0.717, 1.165) is 38.8 Å². The maximum Gasteiger partial charge on any atom is 0.105 e. The molecular weight excluding hydrogens is 222 g/mol. The van der Waals surface area contributed by atoms with Crippen molar-refractivity contribution in [2.75, 3.05) is 13.1 Å². The van der Waals surface area contributed by atoms with Gasteiger partial charge < -0.3 is 0 Å². The van der Waals surface area contributed by atoms with E-state index in [0.29, 0.717) is 0 Å². The first-order chi connectivity index (χ1) is 8.47. The average Bonchev–Trinajstić information content (AvgIpc) is 2.29. The predicted molar refractivity (Wildman–Crippen MR) is 80.5 cm³/mol. The van der Waals surface area contributed by atoms with Gasteiger partial charge in [0.1, 0.15) is 5.60 Å². The maximum atomic E-state index is 6.14. The van der Waals surface area contributed by atoms with Crippen molar-refractivity contribution in [3.05, 3.63) is 24.3 Å². The standard InChI is InChI=1S/C16H31NO/c1-7-13-17(14-8-2)18-16(6,9-3)12-10-11-15(4)5/h9,11H,3,7-8,10,12-14H2,1-2,4-6H3. The zero-order valence-electron chi connectivity index (χ0n) is 13.0. The molecule has 0 saturated carbocycles. The monoisotopic (exact) mass is 253 g/mol. The van der Waals surface area contributed by atoms with Crippen LogP contribution >= 0.6 is 0 Å². The predicted octanol–water partition coefficient (Wildman–Crippen LogP) is 4.73. The number of rotatable bonds is 10. The van der Waals surface area contributed by atoms with Gasteiger partial charge in [0.25, 0.3) is 0 Å². The van der Waals surface area contributed by atoms with E-state index in [9.17, 15) is 0 Å². The molecule has 2 heteroatoms. The second-order valence-corrected chi connectivity index (χ2v) is 5.36. The molecule has 0 rings (SSSR count). The third-order valence-electron chi connectivity index (χ3n) is 2.91. The smallest absolute Gasteiger partial charge is 0.105 e.